The van der Waals surface area contributed by atoms with Crippen molar-refractivity contribution < 1.29 is 38.1 Å². The van der Waals surface area contributed by atoms with Gasteiger partial charge in [0.1, 0.15) is 17.3 Å². The molecule has 38 heavy (non-hydrogen) atoms. The predicted molar refractivity (Wildman–Crippen MR) is 134 cm³/mol. The van der Waals surface area contributed by atoms with Crippen molar-refractivity contribution in [2.24, 2.45) is 5.41 Å². The van der Waals surface area contributed by atoms with Gasteiger partial charge in [0.05, 0.1) is 43.1 Å². The molecular weight excluding hydrogens is 497 g/mol. The Labute approximate surface area is 218 Å². The molecule has 1 amide bonds. The predicted octanol–water partition coefficient (Wildman–Crippen LogP) is 3.61. The number of aromatic nitrogens is 2. The third-order valence-corrected chi connectivity index (χ3v) is 6.77. The highest BCUT2D eigenvalue weighted by atomic mass is 19.1. The normalized spacial score (nSPS) is 17.4. The topological polar surface area (TPSA) is 129 Å². The fourth-order valence-electron chi connectivity index (χ4n) is 4.51. The molecule has 1 heterocycles. The second kappa shape index (κ2) is 10.2. The summed E-state index contributed by atoms with van der Waals surface area (Å²) >= 11 is 0. The molecule has 2 aromatic carbocycles. The number of nitrogens with one attached hydrogen (secondary N) is 1. The molecule has 1 saturated carbocycles. The van der Waals surface area contributed by atoms with Crippen LogP contribution in [0.4, 0.5) is 4.39 Å². The average molecular weight is 526 g/mol. The molecule has 0 spiro atoms. The van der Waals surface area contributed by atoms with Crippen molar-refractivity contribution in [3.05, 3.63) is 60.0 Å². The quantitative estimate of drug-likeness (QED) is 0.384. The molecule has 1 fully saturated rings. The van der Waals surface area contributed by atoms with Gasteiger partial charge in [0.25, 0.3) is 5.91 Å². The average Bonchev–Trinajstić information content (AvgIpc) is 3.18. The molecule has 1 aliphatic rings. The lowest BCUT2D eigenvalue weighted by Crippen LogP contribution is -2.42. The molecule has 4 rings (SSSR count). The molecule has 2 N–H and O–H groups in total. The second-order valence-electron chi connectivity index (χ2n) is 9.67. The molecule has 10 nitrogen and oxygen atoms in total. The summed E-state index contributed by atoms with van der Waals surface area (Å²) in [5, 5.41) is 16.8. The molecular formula is C27H28FN3O7. The first-order chi connectivity index (χ1) is 18.0. The molecule has 0 radical (unpaired) electrons. The maximum absolute atomic E-state index is 13.7. The molecule has 3 aromatic rings. The second-order valence-corrected chi connectivity index (χ2v) is 9.67. The number of aliphatic carboxylic acids is 1. The minimum atomic E-state index is -1.02. The first-order valence-electron chi connectivity index (χ1n) is 11.8. The molecule has 11 heteroatoms. The van der Waals surface area contributed by atoms with E-state index in [9.17, 15) is 23.9 Å². The number of halogens is 1. The zero-order valence-electron chi connectivity index (χ0n) is 21.4. The molecule has 1 aromatic heterocycles. The number of nitrogens with zero attached hydrogens (tertiary/aromatic N) is 2. The smallest absolute Gasteiger partial charge is 0.343 e. The lowest BCUT2D eigenvalue weighted by molar-refractivity contribution is -0.143. The number of esters is 1. The van der Waals surface area contributed by atoms with E-state index >= 15 is 0 Å². The first kappa shape index (κ1) is 26.6. The van der Waals surface area contributed by atoms with Crippen LogP contribution in [0.25, 0.3) is 16.9 Å². The van der Waals surface area contributed by atoms with Gasteiger partial charge in [-0.3, -0.25) is 9.59 Å². The summed E-state index contributed by atoms with van der Waals surface area (Å²) in [6.45, 7) is 3.40. The van der Waals surface area contributed by atoms with Crippen LogP contribution in [-0.4, -0.2) is 59.1 Å². The van der Waals surface area contributed by atoms with E-state index < -0.39 is 34.6 Å². The summed E-state index contributed by atoms with van der Waals surface area (Å²) in [5.74, 6) is -2.00. The van der Waals surface area contributed by atoms with Gasteiger partial charge in [-0.15, -0.1) is 0 Å². The van der Waals surface area contributed by atoms with Gasteiger partial charge in [0.2, 0.25) is 0 Å². The number of benzene rings is 2. The fraction of sp³-hybridized carbons (Fsp3) is 0.333. The van der Waals surface area contributed by atoms with Crippen LogP contribution in [0.1, 0.15) is 37.2 Å². The van der Waals surface area contributed by atoms with Crippen molar-refractivity contribution in [2.45, 2.75) is 32.2 Å². The van der Waals surface area contributed by atoms with Gasteiger partial charge in [-0.05, 0) is 54.3 Å². The monoisotopic (exact) mass is 525 g/mol. The van der Waals surface area contributed by atoms with E-state index in [4.69, 9.17) is 9.47 Å². The Morgan fingerprint density at radius 1 is 1.11 bits per heavy atom. The van der Waals surface area contributed by atoms with Gasteiger partial charge >= 0.3 is 11.9 Å². The van der Waals surface area contributed by atoms with Crippen LogP contribution in [0.5, 0.6) is 11.5 Å². The summed E-state index contributed by atoms with van der Waals surface area (Å²) in [5.41, 5.74) is -0.113. The van der Waals surface area contributed by atoms with Crippen LogP contribution >= 0.6 is 0 Å². The molecule has 0 unspecified atom stereocenters. The van der Waals surface area contributed by atoms with Crippen LogP contribution in [0.3, 0.4) is 0 Å². The van der Waals surface area contributed by atoms with Crippen molar-refractivity contribution in [1.29, 1.82) is 0 Å². The number of amides is 1. The number of hydrogen-bond donors (Lipinski definition) is 2. The third-order valence-electron chi connectivity index (χ3n) is 6.77. The zero-order valence-corrected chi connectivity index (χ0v) is 21.4. The summed E-state index contributed by atoms with van der Waals surface area (Å²) in [6.07, 6.45) is 0.275. The van der Waals surface area contributed by atoms with Crippen molar-refractivity contribution in [1.82, 2.24) is 15.1 Å². The van der Waals surface area contributed by atoms with Crippen LogP contribution in [0.15, 0.2) is 48.5 Å². The lowest BCUT2D eigenvalue weighted by Gasteiger charge is -2.19. The van der Waals surface area contributed by atoms with Gasteiger partial charge in [-0.2, -0.15) is 5.10 Å². The van der Waals surface area contributed by atoms with Crippen molar-refractivity contribution in [2.75, 3.05) is 20.8 Å². The van der Waals surface area contributed by atoms with E-state index in [0.717, 1.165) is 0 Å². The Bertz CT molecular complexity index is 1380. The van der Waals surface area contributed by atoms with Crippen molar-refractivity contribution in [3.8, 4) is 28.4 Å². The van der Waals surface area contributed by atoms with E-state index in [2.05, 4.69) is 15.2 Å². The third kappa shape index (κ3) is 5.17. The van der Waals surface area contributed by atoms with Gasteiger partial charge in [0.15, 0.2) is 12.3 Å². The Morgan fingerprint density at radius 2 is 1.76 bits per heavy atom. The minimum absolute atomic E-state index is 0.00149. The van der Waals surface area contributed by atoms with Crippen molar-refractivity contribution in [3.63, 3.8) is 0 Å². The van der Waals surface area contributed by atoms with E-state index in [1.807, 2.05) is 13.8 Å². The molecule has 1 atom stereocenters. The number of ether oxygens (including phenoxy) is 3. The van der Waals surface area contributed by atoms with E-state index in [-0.39, 0.29) is 24.5 Å². The van der Waals surface area contributed by atoms with E-state index in [1.54, 1.807) is 18.2 Å². The Balaban J connectivity index is 1.82. The van der Waals surface area contributed by atoms with Crippen molar-refractivity contribution >= 4 is 17.8 Å². The summed E-state index contributed by atoms with van der Waals surface area (Å²) in [7, 11) is 2.70. The Hall–Kier alpha value is -4.41. The molecule has 0 saturated heterocycles. The fourth-order valence-corrected chi connectivity index (χ4v) is 4.51. The molecule has 0 aliphatic heterocycles. The largest absolute Gasteiger partial charge is 0.496 e. The van der Waals surface area contributed by atoms with Gasteiger partial charge in [-0.25, -0.2) is 13.9 Å². The first-order valence-corrected chi connectivity index (χ1v) is 11.8. The highest BCUT2D eigenvalue weighted by Crippen LogP contribution is 2.57. The van der Waals surface area contributed by atoms with Gasteiger partial charge in [0, 0.05) is 0 Å². The molecule has 1 aliphatic carbocycles. The highest BCUT2D eigenvalue weighted by molar-refractivity contribution is 5.95. The highest BCUT2D eigenvalue weighted by Gasteiger charge is 2.63. The Morgan fingerprint density at radius 3 is 2.34 bits per heavy atom. The van der Waals surface area contributed by atoms with E-state index in [0.29, 0.717) is 29.1 Å². The van der Waals surface area contributed by atoms with E-state index in [1.165, 1.54) is 49.2 Å². The Kier molecular flexibility index (Phi) is 7.12. The number of methoxy groups -OCH3 is 2. The molecule has 200 valence electrons. The maximum Gasteiger partial charge on any atom is 0.343 e. The number of carbonyl (C=O) groups excluding carboxylic acids is 2. The van der Waals surface area contributed by atoms with Crippen LogP contribution < -0.4 is 14.8 Å². The minimum Gasteiger partial charge on any atom is -0.496 e. The number of hydrogen-bond acceptors (Lipinski definition) is 7. The van der Waals surface area contributed by atoms with Crippen LogP contribution in [-0.2, 0) is 14.3 Å². The number of carboxylic acids is 1. The summed E-state index contributed by atoms with van der Waals surface area (Å²) in [4.78, 5) is 36.6. The number of carboxylic acid groups (broad SMARTS) is 1. The summed E-state index contributed by atoms with van der Waals surface area (Å²) in [6, 6.07) is 12.0. The van der Waals surface area contributed by atoms with Gasteiger partial charge in [-0.1, -0.05) is 19.9 Å². The zero-order chi connectivity index (χ0) is 27.7. The summed E-state index contributed by atoms with van der Waals surface area (Å²) < 4.78 is 31.1. The van der Waals surface area contributed by atoms with Gasteiger partial charge < -0.3 is 24.6 Å². The SMILES string of the molecule is COC(=O)COc1cccc(OC)c1-c1cc(C(=O)N[C@]2(CC(=O)O)CC2(C)C)nn1-c1ccc(F)cc1. The number of rotatable bonds is 10. The maximum atomic E-state index is 13.7. The standard InChI is InChI=1S/C27H28FN3O7/c1-26(2)15-27(26,13-22(32)33)29-25(35)18-12-19(31(30-18)17-10-8-16(28)9-11-17)24-20(36-3)6-5-7-21(24)38-14-23(34)37-4/h5-12H,13-15H2,1-4H3,(H,29,35)(H,32,33)/t27-/m1/s1. The lowest BCUT2D eigenvalue weighted by atomic mass is 10.0. The van der Waals surface area contributed by atoms with Crippen LogP contribution in [0, 0.1) is 11.2 Å². The molecule has 0 bridgehead atoms. The van der Waals surface area contributed by atoms with Crippen LogP contribution in [0.2, 0.25) is 0 Å². The number of carbonyl (C=O) groups is 3.